The van der Waals surface area contributed by atoms with Crippen LogP contribution in [0.4, 0.5) is 4.79 Å². The lowest BCUT2D eigenvalue weighted by Crippen LogP contribution is -2.45. The summed E-state index contributed by atoms with van der Waals surface area (Å²) < 4.78 is 5.37. The van der Waals surface area contributed by atoms with E-state index in [1.54, 1.807) is 11.9 Å². The highest BCUT2D eigenvalue weighted by Crippen LogP contribution is 2.20. The van der Waals surface area contributed by atoms with E-state index in [1.165, 1.54) is 0 Å². The molecule has 1 saturated heterocycles. The van der Waals surface area contributed by atoms with E-state index in [0.29, 0.717) is 24.8 Å². The number of hydrogen-bond donors (Lipinski definition) is 0. The van der Waals surface area contributed by atoms with E-state index in [9.17, 15) is 9.59 Å². The van der Waals surface area contributed by atoms with Gasteiger partial charge in [-0.05, 0) is 45.4 Å². The Balaban J connectivity index is 2.48. The highest BCUT2D eigenvalue weighted by molar-refractivity contribution is 5.76. The van der Waals surface area contributed by atoms with Crippen LogP contribution in [-0.2, 0) is 9.53 Å². The maximum Gasteiger partial charge on any atom is 0.410 e. The highest BCUT2D eigenvalue weighted by Gasteiger charge is 2.27. The van der Waals surface area contributed by atoms with Crippen molar-refractivity contribution in [3.05, 3.63) is 0 Å². The van der Waals surface area contributed by atoms with Crippen molar-refractivity contribution in [2.75, 3.05) is 26.7 Å². The molecule has 5 heteroatoms. The summed E-state index contributed by atoms with van der Waals surface area (Å²) in [6, 6.07) is 0. The van der Waals surface area contributed by atoms with Crippen molar-refractivity contribution in [1.82, 2.24) is 9.80 Å². The fraction of sp³-hybridized carbons (Fsp3) is 0.882. The molecular weight excluding hydrogens is 280 g/mol. The Kier molecular flexibility index (Phi) is 6.69. The van der Waals surface area contributed by atoms with Crippen LogP contribution in [0.15, 0.2) is 0 Å². The molecule has 0 aromatic heterocycles. The molecule has 0 aromatic rings. The summed E-state index contributed by atoms with van der Waals surface area (Å²) in [6.45, 7) is 12.0. The van der Waals surface area contributed by atoms with E-state index in [0.717, 1.165) is 25.9 Å². The quantitative estimate of drug-likeness (QED) is 0.801. The van der Waals surface area contributed by atoms with Gasteiger partial charge in [-0.1, -0.05) is 13.8 Å². The molecule has 0 radical (unpaired) electrons. The molecule has 22 heavy (non-hydrogen) atoms. The van der Waals surface area contributed by atoms with Gasteiger partial charge in [-0.2, -0.15) is 0 Å². The number of piperidine rings is 1. The summed E-state index contributed by atoms with van der Waals surface area (Å²) in [7, 11) is 1.77. The molecule has 0 saturated carbocycles. The van der Waals surface area contributed by atoms with E-state index in [-0.39, 0.29) is 12.0 Å². The Morgan fingerprint density at radius 2 is 1.95 bits per heavy atom. The fourth-order valence-electron chi connectivity index (χ4n) is 2.72. The van der Waals surface area contributed by atoms with Crippen molar-refractivity contribution in [1.29, 1.82) is 0 Å². The summed E-state index contributed by atoms with van der Waals surface area (Å²) in [5.41, 5.74) is -0.475. The van der Waals surface area contributed by atoms with Crippen LogP contribution in [0.2, 0.25) is 0 Å². The van der Waals surface area contributed by atoms with Gasteiger partial charge < -0.3 is 14.5 Å². The van der Waals surface area contributed by atoms with E-state index < -0.39 is 5.60 Å². The first-order chi connectivity index (χ1) is 10.1. The van der Waals surface area contributed by atoms with E-state index in [1.807, 2.05) is 25.7 Å². The van der Waals surface area contributed by atoms with Gasteiger partial charge in [-0.15, -0.1) is 0 Å². The highest BCUT2D eigenvalue weighted by atomic mass is 16.6. The maximum atomic E-state index is 12.2. The minimum atomic E-state index is -0.475. The molecule has 0 spiro atoms. The van der Waals surface area contributed by atoms with Gasteiger partial charge >= 0.3 is 6.09 Å². The van der Waals surface area contributed by atoms with Crippen molar-refractivity contribution in [3.63, 3.8) is 0 Å². The smallest absolute Gasteiger partial charge is 0.410 e. The van der Waals surface area contributed by atoms with E-state index in [2.05, 4.69) is 13.8 Å². The van der Waals surface area contributed by atoms with Crippen LogP contribution in [0.25, 0.3) is 0 Å². The molecule has 0 aliphatic carbocycles. The third-order valence-electron chi connectivity index (χ3n) is 3.69. The molecule has 2 amide bonds. The molecule has 1 aliphatic heterocycles. The molecular formula is C17H32N2O3. The molecule has 1 rings (SSSR count). The second-order valence-electron chi connectivity index (χ2n) is 7.81. The van der Waals surface area contributed by atoms with Crippen LogP contribution in [0.1, 0.15) is 53.9 Å². The largest absolute Gasteiger partial charge is 0.444 e. The summed E-state index contributed by atoms with van der Waals surface area (Å²) in [5, 5.41) is 0. The monoisotopic (exact) mass is 312 g/mol. The van der Waals surface area contributed by atoms with Crippen LogP contribution in [0.3, 0.4) is 0 Å². The number of amides is 2. The molecule has 0 bridgehead atoms. The summed E-state index contributed by atoms with van der Waals surface area (Å²) in [6.07, 6.45) is 2.38. The van der Waals surface area contributed by atoms with Crippen molar-refractivity contribution >= 4 is 12.0 Å². The zero-order chi connectivity index (χ0) is 16.9. The first-order valence-corrected chi connectivity index (χ1v) is 8.30. The fourth-order valence-corrected chi connectivity index (χ4v) is 2.72. The summed E-state index contributed by atoms with van der Waals surface area (Å²) in [4.78, 5) is 27.8. The molecule has 1 atom stereocenters. The molecule has 128 valence electrons. The lowest BCUT2D eigenvalue weighted by Gasteiger charge is -2.35. The Bertz CT molecular complexity index is 388. The molecule has 0 aromatic carbocycles. The average molecular weight is 312 g/mol. The van der Waals surface area contributed by atoms with E-state index >= 15 is 0 Å². The second kappa shape index (κ2) is 7.84. The summed E-state index contributed by atoms with van der Waals surface area (Å²) in [5.74, 6) is 0.958. The van der Waals surface area contributed by atoms with Crippen LogP contribution in [-0.4, -0.2) is 54.1 Å². The van der Waals surface area contributed by atoms with Crippen LogP contribution >= 0.6 is 0 Å². The lowest BCUT2D eigenvalue weighted by atomic mass is 9.96. The van der Waals surface area contributed by atoms with Gasteiger partial charge in [0.2, 0.25) is 5.91 Å². The molecule has 1 heterocycles. The maximum absolute atomic E-state index is 12.2. The average Bonchev–Trinajstić information content (AvgIpc) is 2.36. The predicted octanol–water partition coefficient (Wildman–Crippen LogP) is 3.14. The minimum absolute atomic E-state index is 0.236. The zero-order valence-electron chi connectivity index (χ0n) is 15.0. The third kappa shape index (κ3) is 6.67. The van der Waals surface area contributed by atoms with Crippen LogP contribution in [0.5, 0.6) is 0 Å². The Morgan fingerprint density at radius 3 is 2.50 bits per heavy atom. The number of carbonyl (C=O) groups is 2. The zero-order valence-corrected chi connectivity index (χ0v) is 15.0. The minimum Gasteiger partial charge on any atom is -0.444 e. The van der Waals surface area contributed by atoms with Gasteiger partial charge in [-0.3, -0.25) is 4.79 Å². The molecule has 1 unspecified atom stereocenters. The topological polar surface area (TPSA) is 49.9 Å². The van der Waals surface area contributed by atoms with Gasteiger partial charge in [0.15, 0.2) is 0 Å². The Hall–Kier alpha value is -1.26. The van der Waals surface area contributed by atoms with Crippen molar-refractivity contribution in [2.24, 2.45) is 11.8 Å². The third-order valence-corrected chi connectivity index (χ3v) is 3.69. The van der Waals surface area contributed by atoms with E-state index in [4.69, 9.17) is 4.74 Å². The van der Waals surface area contributed by atoms with Crippen molar-refractivity contribution in [2.45, 2.75) is 59.5 Å². The number of nitrogens with zero attached hydrogens (tertiary/aromatic N) is 2. The molecule has 1 aliphatic rings. The number of likely N-dealkylation sites (tertiary alicyclic amines) is 1. The number of ether oxygens (including phenoxy) is 1. The first-order valence-electron chi connectivity index (χ1n) is 8.30. The normalized spacial score (nSPS) is 19.2. The van der Waals surface area contributed by atoms with Gasteiger partial charge in [-0.25, -0.2) is 4.79 Å². The molecule has 1 fully saturated rings. The van der Waals surface area contributed by atoms with Crippen LogP contribution in [0, 0.1) is 11.8 Å². The van der Waals surface area contributed by atoms with Crippen LogP contribution < -0.4 is 0 Å². The van der Waals surface area contributed by atoms with Gasteiger partial charge in [0.05, 0.1) is 0 Å². The number of carbonyl (C=O) groups excluding carboxylic acids is 2. The van der Waals surface area contributed by atoms with Crippen molar-refractivity contribution < 1.29 is 14.3 Å². The number of hydrogen-bond acceptors (Lipinski definition) is 3. The van der Waals surface area contributed by atoms with Gasteiger partial charge in [0, 0.05) is 33.1 Å². The lowest BCUT2D eigenvalue weighted by molar-refractivity contribution is -0.133. The van der Waals surface area contributed by atoms with Gasteiger partial charge in [0.25, 0.3) is 0 Å². The summed E-state index contributed by atoms with van der Waals surface area (Å²) >= 11 is 0. The first kappa shape index (κ1) is 18.8. The standard InChI is InChI=1S/C17H32N2O3/c1-13(2)10-15(20)19-9-7-8-14(12-19)11-18(6)16(21)22-17(3,4)5/h13-14H,7-12H2,1-6H3. The SMILES string of the molecule is CC(C)CC(=O)N1CCCC(CN(C)C(=O)OC(C)(C)C)C1. The second-order valence-corrected chi connectivity index (χ2v) is 7.81. The number of rotatable bonds is 4. The predicted molar refractivity (Wildman–Crippen MR) is 87.6 cm³/mol. The molecule has 0 N–H and O–H groups in total. The van der Waals surface area contributed by atoms with Crippen molar-refractivity contribution in [3.8, 4) is 0 Å². The molecule has 5 nitrogen and oxygen atoms in total. The Morgan fingerprint density at radius 1 is 1.32 bits per heavy atom. The van der Waals surface area contributed by atoms with Gasteiger partial charge in [0.1, 0.15) is 5.60 Å². The Labute approximate surface area is 135 Å².